The maximum absolute atomic E-state index is 12.9. The Morgan fingerprint density at radius 2 is 1.72 bits per heavy atom. The number of fused-ring (bicyclic) bond motifs is 1. The highest BCUT2D eigenvalue weighted by atomic mass is 32.1. The van der Waals surface area contributed by atoms with Crippen LogP contribution in [0.5, 0.6) is 0 Å². The van der Waals surface area contributed by atoms with Gasteiger partial charge >= 0.3 is 0 Å². The van der Waals surface area contributed by atoms with Crippen molar-refractivity contribution >= 4 is 27.5 Å². The summed E-state index contributed by atoms with van der Waals surface area (Å²) in [5.74, 6) is 3.59. The molecule has 4 aliphatic carbocycles. The van der Waals surface area contributed by atoms with Crippen LogP contribution in [-0.4, -0.2) is 41.0 Å². The van der Waals surface area contributed by atoms with Crippen molar-refractivity contribution in [1.29, 1.82) is 0 Å². The van der Waals surface area contributed by atoms with E-state index in [1.807, 2.05) is 11.3 Å². The molecule has 5 fully saturated rings. The molecule has 0 radical (unpaired) electrons. The van der Waals surface area contributed by atoms with Gasteiger partial charge in [0.15, 0.2) is 0 Å². The number of nitrogens with zero attached hydrogens (tertiary/aromatic N) is 2. The minimum Gasteiger partial charge on any atom is -0.342 e. The van der Waals surface area contributed by atoms with Crippen molar-refractivity contribution in [2.75, 3.05) is 19.6 Å². The smallest absolute Gasteiger partial charge is 0.236 e. The Morgan fingerprint density at radius 1 is 1.07 bits per heavy atom. The highest BCUT2D eigenvalue weighted by Crippen LogP contribution is 2.55. The third-order valence-corrected chi connectivity index (χ3v) is 9.36. The van der Waals surface area contributed by atoms with Gasteiger partial charge in [0.1, 0.15) is 0 Å². The summed E-state index contributed by atoms with van der Waals surface area (Å²) in [6.45, 7) is 2.29. The van der Waals surface area contributed by atoms with Crippen molar-refractivity contribution in [2.24, 2.45) is 17.8 Å². The van der Waals surface area contributed by atoms with E-state index < -0.39 is 0 Å². The van der Waals surface area contributed by atoms with Crippen molar-refractivity contribution in [3.63, 3.8) is 0 Å². The van der Waals surface area contributed by atoms with Crippen LogP contribution in [0.1, 0.15) is 62.3 Å². The second-order valence-corrected chi connectivity index (χ2v) is 11.3. The van der Waals surface area contributed by atoms with Gasteiger partial charge in [0.2, 0.25) is 5.91 Å². The summed E-state index contributed by atoms with van der Waals surface area (Å²) in [5, 5.41) is 5.04. The van der Waals surface area contributed by atoms with E-state index in [0.29, 0.717) is 18.4 Å². The maximum Gasteiger partial charge on any atom is 0.236 e. The molecular formula is C24H31N3OS. The summed E-state index contributed by atoms with van der Waals surface area (Å²) in [6, 6.07) is 8.40. The molecule has 1 amide bonds. The first kappa shape index (κ1) is 18.3. The average Bonchev–Trinajstić information content (AvgIpc) is 3.15. The van der Waals surface area contributed by atoms with Gasteiger partial charge in [-0.3, -0.25) is 4.79 Å². The molecule has 4 saturated carbocycles. The third-order valence-electron chi connectivity index (χ3n) is 8.16. The normalized spacial score (nSPS) is 34.2. The van der Waals surface area contributed by atoms with Gasteiger partial charge in [0.25, 0.3) is 0 Å². The number of carbonyl (C=O) groups excluding carboxylic acids is 1. The molecule has 4 nitrogen and oxygen atoms in total. The summed E-state index contributed by atoms with van der Waals surface area (Å²) >= 11 is 1.83. The van der Waals surface area contributed by atoms with Crippen LogP contribution < -0.4 is 5.32 Å². The Hall–Kier alpha value is -1.46. The van der Waals surface area contributed by atoms with E-state index in [9.17, 15) is 4.79 Å². The molecule has 5 aliphatic rings. The number of hydrogen-bond acceptors (Lipinski definition) is 4. The molecular weight excluding hydrogens is 378 g/mol. The van der Waals surface area contributed by atoms with Crippen LogP contribution >= 0.6 is 11.3 Å². The van der Waals surface area contributed by atoms with Crippen LogP contribution in [0.3, 0.4) is 0 Å². The number of rotatable bonds is 4. The van der Waals surface area contributed by atoms with E-state index in [2.05, 4.69) is 34.5 Å². The van der Waals surface area contributed by atoms with Gasteiger partial charge in [-0.25, -0.2) is 4.98 Å². The molecule has 1 N–H and O–H groups in total. The molecule has 2 heterocycles. The molecule has 0 unspecified atom stereocenters. The number of hydrogen-bond donors (Lipinski definition) is 1. The summed E-state index contributed by atoms with van der Waals surface area (Å²) in [6.07, 6.45) is 10.4. The number of para-hydroxylation sites is 1. The summed E-state index contributed by atoms with van der Waals surface area (Å²) in [5.41, 5.74) is 1.40. The molecule has 5 heteroatoms. The fourth-order valence-electron chi connectivity index (χ4n) is 7.14. The Labute approximate surface area is 177 Å². The second-order valence-electron chi connectivity index (χ2n) is 10.2. The van der Waals surface area contributed by atoms with Gasteiger partial charge in [0, 0.05) is 24.5 Å². The fraction of sp³-hybridized carbons (Fsp3) is 0.667. The number of benzene rings is 1. The van der Waals surface area contributed by atoms with E-state index in [4.69, 9.17) is 4.98 Å². The SMILES string of the molecule is O=C(CNC12CC3CC(CC(C3)C1)C2)N1CCC(c2nc3ccccc3s2)CC1. The lowest BCUT2D eigenvalue weighted by Gasteiger charge is -2.57. The van der Waals surface area contributed by atoms with Gasteiger partial charge in [-0.2, -0.15) is 0 Å². The van der Waals surface area contributed by atoms with Crippen LogP contribution in [0.25, 0.3) is 10.2 Å². The molecule has 29 heavy (non-hydrogen) atoms. The zero-order valence-electron chi connectivity index (χ0n) is 17.1. The van der Waals surface area contributed by atoms with E-state index in [1.165, 1.54) is 48.2 Å². The quantitative estimate of drug-likeness (QED) is 0.805. The van der Waals surface area contributed by atoms with Gasteiger partial charge < -0.3 is 10.2 Å². The predicted octanol–water partition coefficient (Wildman–Crippen LogP) is 4.56. The second kappa shape index (κ2) is 7.05. The van der Waals surface area contributed by atoms with Crippen LogP contribution in [0.2, 0.25) is 0 Å². The molecule has 154 valence electrons. The standard InChI is InChI=1S/C24H31N3OS/c28-22(15-25-24-12-16-9-17(13-24)11-18(10-16)14-24)27-7-5-19(6-8-27)23-26-20-3-1-2-4-21(20)29-23/h1-4,16-19,25H,5-15H2. The van der Waals surface area contributed by atoms with Gasteiger partial charge in [0.05, 0.1) is 21.8 Å². The van der Waals surface area contributed by atoms with E-state index in [1.54, 1.807) is 0 Å². The molecule has 2 aromatic rings. The van der Waals surface area contributed by atoms with E-state index in [0.717, 1.165) is 49.2 Å². The first-order chi connectivity index (χ1) is 14.2. The minimum atomic E-state index is 0.281. The molecule has 0 atom stereocenters. The van der Waals surface area contributed by atoms with Crippen molar-refractivity contribution in [3.05, 3.63) is 29.3 Å². The van der Waals surface area contributed by atoms with E-state index in [-0.39, 0.29) is 5.54 Å². The first-order valence-corrected chi connectivity index (χ1v) is 12.4. The highest BCUT2D eigenvalue weighted by molar-refractivity contribution is 7.18. The number of likely N-dealkylation sites (tertiary alicyclic amines) is 1. The van der Waals surface area contributed by atoms with Crippen LogP contribution in [0, 0.1) is 17.8 Å². The first-order valence-electron chi connectivity index (χ1n) is 11.5. The Balaban J connectivity index is 1.04. The molecule has 4 bridgehead atoms. The Bertz CT molecular complexity index is 845. The van der Waals surface area contributed by atoms with Crippen molar-refractivity contribution < 1.29 is 4.79 Å². The molecule has 0 spiro atoms. The monoisotopic (exact) mass is 409 g/mol. The highest BCUT2D eigenvalue weighted by Gasteiger charge is 2.50. The van der Waals surface area contributed by atoms with Crippen LogP contribution in [-0.2, 0) is 4.79 Å². The molecule has 1 aromatic carbocycles. The molecule has 7 rings (SSSR count). The largest absolute Gasteiger partial charge is 0.342 e. The molecule has 1 saturated heterocycles. The number of nitrogens with one attached hydrogen (secondary N) is 1. The zero-order chi connectivity index (χ0) is 19.4. The fourth-order valence-corrected chi connectivity index (χ4v) is 8.28. The van der Waals surface area contributed by atoms with Crippen LogP contribution in [0.4, 0.5) is 0 Å². The lowest BCUT2D eigenvalue weighted by atomic mass is 9.53. The number of carbonyl (C=O) groups is 1. The summed E-state index contributed by atoms with van der Waals surface area (Å²) in [7, 11) is 0. The predicted molar refractivity (Wildman–Crippen MR) is 117 cm³/mol. The Kier molecular flexibility index (Phi) is 4.46. The average molecular weight is 410 g/mol. The van der Waals surface area contributed by atoms with Crippen molar-refractivity contribution in [3.8, 4) is 0 Å². The maximum atomic E-state index is 12.9. The summed E-state index contributed by atoms with van der Waals surface area (Å²) < 4.78 is 1.28. The zero-order valence-corrected chi connectivity index (χ0v) is 17.9. The van der Waals surface area contributed by atoms with Crippen molar-refractivity contribution in [1.82, 2.24) is 15.2 Å². The van der Waals surface area contributed by atoms with E-state index >= 15 is 0 Å². The number of piperidine rings is 1. The van der Waals surface area contributed by atoms with Crippen molar-refractivity contribution in [2.45, 2.75) is 62.8 Å². The third kappa shape index (κ3) is 3.40. The van der Waals surface area contributed by atoms with Gasteiger partial charge in [-0.15, -0.1) is 11.3 Å². The number of thiazole rings is 1. The lowest BCUT2D eigenvalue weighted by Crippen LogP contribution is -2.60. The van der Waals surface area contributed by atoms with Crippen LogP contribution in [0.15, 0.2) is 24.3 Å². The topological polar surface area (TPSA) is 45.2 Å². The minimum absolute atomic E-state index is 0.281. The lowest BCUT2D eigenvalue weighted by molar-refractivity contribution is -0.132. The number of amides is 1. The van der Waals surface area contributed by atoms with Gasteiger partial charge in [-0.1, -0.05) is 12.1 Å². The Morgan fingerprint density at radius 3 is 2.38 bits per heavy atom. The summed E-state index contributed by atoms with van der Waals surface area (Å²) in [4.78, 5) is 19.9. The molecule has 1 aromatic heterocycles. The number of aromatic nitrogens is 1. The van der Waals surface area contributed by atoms with Gasteiger partial charge in [-0.05, 0) is 81.3 Å². The molecule has 1 aliphatic heterocycles.